The van der Waals surface area contributed by atoms with Gasteiger partial charge in [-0.15, -0.1) is 0 Å². The molecule has 1 aromatic carbocycles. The largest absolute Gasteiger partial charge is 0.382 e. The number of benzene rings is 1. The molecule has 6 nitrogen and oxygen atoms in total. The van der Waals surface area contributed by atoms with Crippen molar-refractivity contribution in [2.45, 2.75) is 0 Å². The van der Waals surface area contributed by atoms with E-state index in [2.05, 4.69) is 19.9 Å². The minimum atomic E-state index is 0.0689. The first-order chi connectivity index (χ1) is 8.06. The van der Waals surface area contributed by atoms with Crippen LogP contribution in [-0.2, 0) is 0 Å². The molecule has 0 atom stereocenters. The van der Waals surface area contributed by atoms with Gasteiger partial charge in [0.05, 0.1) is 5.69 Å². The van der Waals surface area contributed by atoms with E-state index in [0.717, 1.165) is 0 Å². The first-order valence-corrected chi connectivity index (χ1v) is 5.20. The molecule has 0 radical (unpaired) electrons. The molecule has 1 aromatic heterocycles. The molecule has 8 heteroatoms. The van der Waals surface area contributed by atoms with Crippen LogP contribution in [0.2, 0.25) is 10.0 Å². The van der Waals surface area contributed by atoms with Gasteiger partial charge in [0, 0.05) is 10.0 Å². The molecule has 0 bridgehead atoms. The van der Waals surface area contributed by atoms with E-state index in [1.165, 1.54) is 0 Å². The number of aromatic nitrogens is 2. The Hall–Kier alpha value is -1.79. The highest BCUT2D eigenvalue weighted by molar-refractivity contribution is 6.35. The van der Waals surface area contributed by atoms with E-state index >= 15 is 0 Å². The summed E-state index contributed by atoms with van der Waals surface area (Å²) in [5, 5.41) is 7.82. The maximum Gasteiger partial charge on any atom is 0.199 e. The molecule has 0 unspecified atom stereocenters. The number of hydrogen-bond donors (Lipinski definition) is 2. The van der Waals surface area contributed by atoms with Crippen LogP contribution >= 0.6 is 23.2 Å². The standard InChI is InChI=1S/C9H7Cl2N5O/c10-4-1-5(11)3-6(2-4)14-8(12)7-9(13)16-17-15-7/h1-3H,(H2,12,14)(H2,13,16). The fourth-order valence-corrected chi connectivity index (χ4v) is 1.68. The van der Waals surface area contributed by atoms with Crippen LogP contribution in [0.1, 0.15) is 5.69 Å². The summed E-state index contributed by atoms with van der Waals surface area (Å²) >= 11 is 11.6. The first-order valence-electron chi connectivity index (χ1n) is 4.45. The minimum absolute atomic E-state index is 0.0689. The summed E-state index contributed by atoms with van der Waals surface area (Å²) in [6.07, 6.45) is 0. The van der Waals surface area contributed by atoms with Gasteiger partial charge in [-0.2, -0.15) is 0 Å². The van der Waals surface area contributed by atoms with Gasteiger partial charge in [-0.1, -0.05) is 23.2 Å². The quantitative estimate of drug-likeness (QED) is 0.642. The van der Waals surface area contributed by atoms with Crippen molar-refractivity contribution in [3.63, 3.8) is 0 Å². The molecular weight excluding hydrogens is 265 g/mol. The molecule has 0 saturated carbocycles. The summed E-state index contributed by atoms with van der Waals surface area (Å²) in [5.74, 6) is 0.140. The summed E-state index contributed by atoms with van der Waals surface area (Å²) in [4.78, 5) is 4.07. The second kappa shape index (κ2) is 4.60. The fourth-order valence-electron chi connectivity index (χ4n) is 1.17. The maximum atomic E-state index is 5.82. The van der Waals surface area contributed by atoms with Gasteiger partial charge in [-0.05, 0) is 28.5 Å². The molecule has 0 aliphatic rings. The van der Waals surface area contributed by atoms with E-state index in [0.29, 0.717) is 15.7 Å². The highest BCUT2D eigenvalue weighted by Gasteiger charge is 2.10. The highest BCUT2D eigenvalue weighted by Crippen LogP contribution is 2.24. The molecule has 2 rings (SSSR count). The monoisotopic (exact) mass is 271 g/mol. The third-order valence-corrected chi connectivity index (χ3v) is 2.29. The lowest BCUT2D eigenvalue weighted by Gasteiger charge is -1.99. The average Bonchev–Trinajstić information content (AvgIpc) is 2.62. The molecule has 0 amide bonds. The Labute approximate surface area is 106 Å². The molecule has 0 aliphatic carbocycles. The van der Waals surface area contributed by atoms with Gasteiger partial charge in [-0.25, -0.2) is 9.62 Å². The van der Waals surface area contributed by atoms with E-state index in [1.54, 1.807) is 18.2 Å². The molecule has 4 N–H and O–H groups in total. The van der Waals surface area contributed by atoms with Crippen molar-refractivity contribution in [3.8, 4) is 0 Å². The lowest BCUT2D eigenvalue weighted by Crippen LogP contribution is -2.15. The van der Waals surface area contributed by atoms with Crippen LogP contribution < -0.4 is 11.5 Å². The molecule has 88 valence electrons. The second-order valence-corrected chi connectivity index (χ2v) is 4.00. The average molecular weight is 272 g/mol. The predicted octanol–water partition coefficient (Wildman–Crippen LogP) is 2.00. The predicted molar refractivity (Wildman–Crippen MR) is 65.6 cm³/mol. The van der Waals surface area contributed by atoms with Crippen molar-refractivity contribution < 1.29 is 4.63 Å². The van der Waals surface area contributed by atoms with Crippen LogP contribution in [0.25, 0.3) is 0 Å². The molecule has 17 heavy (non-hydrogen) atoms. The maximum absolute atomic E-state index is 5.82. The number of nitrogens with zero attached hydrogens (tertiary/aromatic N) is 3. The van der Waals surface area contributed by atoms with Gasteiger partial charge in [0.15, 0.2) is 17.3 Å². The van der Waals surface area contributed by atoms with Crippen molar-refractivity contribution in [1.82, 2.24) is 10.3 Å². The SMILES string of the molecule is NC(=Nc1cc(Cl)cc(Cl)c1)c1nonc1N. The normalized spacial score (nSPS) is 11.8. The van der Waals surface area contributed by atoms with Crippen LogP contribution in [0.15, 0.2) is 27.8 Å². The smallest absolute Gasteiger partial charge is 0.199 e. The molecular formula is C9H7Cl2N5O. The molecule has 2 aromatic rings. The van der Waals surface area contributed by atoms with E-state index in [4.69, 9.17) is 34.7 Å². The van der Waals surface area contributed by atoms with Crippen LogP contribution in [0, 0.1) is 0 Å². The first kappa shape index (κ1) is 11.7. The van der Waals surface area contributed by atoms with E-state index in [-0.39, 0.29) is 17.3 Å². The number of aliphatic imine (C=N–C) groups is 1. The Balaban J connectivity index is 2.39. The zero-order valence-corrected chi connectivity index (χ0v) is 9.90. The summed E-state index contributed by atoms with van der Waals surface area (Å²) in [6, 6.07) is 4.79. The topological polar surface area (TPSA) is 103 Å². The Morgan fingerprint density at radius 2 is 1.82 bits per heavy atom. The Kier molecular flexibility index (Phi) is 3.16. The van der Waals surface area contributed by atoms with E-state index in [9.17, 15) is 0 Å². The third kappa shape index (κ3) is 2.66. The van der Waals surface area contributed by atoms with Crippen LogP contribution in [0.5, 0.6) is 0 Å². The van der Waals surface area contributed by atoms with E-state index in [1.807, 2.05) is 0 Å². The molecule has 0 aliphatic heterocycles. The van der Waals surface area contributed by atoms with Crippen LogP contribution in [0.4, 0.5) is 11.5 Å². The minimum Gasteiger partial charge on any atom is -0.382 e. The Bertz CT molecular complexity index is 560. The summed E-state index contributed by atoms with van der Waals surface area (Å²) < 4.78 is 4.41. The lowest BCUT2D eigenvalue weighted by molar-refractivity contribution is 0.308. The lowest BCUT2D eigenvalue weighted by atomic mass is 10.3. The number of rotatable bonds is 2. The van der Waals surface area contributed by atoms with Gasteiger partial charge in [0.1, 0.15) is 0 Å². The number of anilines is 1. The van der Waals surface area contributed by atoms with E-state index < -0.39 is 0 Å². The van der Waals surface area contributed by atoms with Gasteiger partial charge >= 0.3 is 0 Å². The molecule has 0 saturated heterocycles. The summed E-state index contributed by atoms with van der Waals surface area (Å²) in [6.45, 7) is 0. The van der Waals surface area contributed by atoms with Crippen molar-refractivity contribution in [1.29, 1.82) is 0 Å². The van der Waals surface area contributed by atoms with Crippen molar-refractivity contribution in [3.05, 3.63) is 33.9 Å². The third-order valence-electron chi connectivity index (χ3n) is 1.85. The van der Waals surface area contributed by atoms with Gasteiger partial charge in [-0.3, -0.25) is 0 Å². The number of nitrogens with two attached hydrogens (primary N) is 2. The van der Waals surface area contributed by atoms with Crippen molar-refractivity contribution >= 4 is 40.5 Å². The zero-order valence-electron chi connectivity index (χ0n) is 8.39. The van der Waals surface area contributed by atoms with Gasteiger partial charge < -0.3 is 11.5 Å². The summed E-state index contributed by atoms with van der Waals surface area (Å²) in [5.41, 5.74) is 11.8. The van der Waals surface area contributed by atoms with Crippen LogP contribution in [0.3, 0.4) is 0 Å². The fraction of sp³-hybridized carbons (Fsp3) is 0. The van der Waals surface area contributed by atoms with Gasteiger partial charge in [0.25, 0.3) is 0 Å². The summed E-state index contributed by atoms with van der Waals surface area (Å²) in [7, 11) is 0. The number of amidine groups is 1. The Morgan fingerprint density at radius 3 is 2.35 bits per heavy atom. The number of nitrogen functional groups attached to an aromatic ring is 1. The van der Waals surface area contributed by atoms with Crippen LogP contribution in [-0.4, -0.2) is 16.1 Å². The number of halogens is 2. The highest BCUT2D eigenvalue weighted by atomic mass is 35.5. The molecule has 1 heterocycles. The zero-order chi connectivity index (χ0) is 12.4. The second-order valence-electron chi connectivity index (χ2n) is 3.12. The molecule has 0 spiro atoms. The van der Waals surface area contributed by atoms with Crippen molar-refractivity contribution in [2.24, 2.45) is 10.7 Å². The number of hydrogen-bond acceptors (Lipinski definition) is 5. The molecule has 0 fully saturated rings. The van der Waals surface area contributed by atoms with Crippen molar-refractivity contribution in [2.75, 3.05) is 5.73 Å². The van der Waals surface area contributed by atoms with Gasteiger partial charge in [0.2, 0.25) is 0 Å². The Morgan fingerprint density at radius 1 is 1.18 bits per heavy atom.